The predicted octanol–water partition coefficient (Wildman–Crippen LogP) is 3.80. The first-order valence-electron chi connectivity index (χ1n) is 6.86. The third-order valence-corrected chi connectivity index (χ3v) is 4.56. The molecule has 0 bridgehead atoms. The summed E-state index contributed by atoms with van der Waals surface area (Å²) in [6.45, 7) is 0. The zero-order valence-corrected chi connectivity index (χ0v) is 14.3. The average molecular weight is 371 g/mol. The second kappa shape index (κ2) is 7.76. The molecule has 1 N–H and O–H groups in total. The molecule has 4 nitrogen and oxygen atoms in total. The highest BCUT2D eigenvalue weighted by Crippen LogP contribution is 2.26. The molecule has 0 unspecified atom stereocenters. The Bertz CT molecular complexity index is 804. The second-order valence-corrected chi connectivity index (χ2v) is 8.33. The summed E-state index contributed by atoms with van der Waals surface area (Å²) >= 11 is 0.433. The first-order chi connectivity index (χ1) is 11.2. The van der Waals surface area contributed by atoms with Gasteiger partial charge in [0, 0.05) is 22.4 Å². The fraction of sp³-hybridized carbons (Fsp3) is 0.188. The van der Waals surface area contributed by atoms with Crippen LogP contribution in [0.3, 0.4) is 0 Å². The Morgan fingerprint density at radius 2 is 1.67 bits per heavy atom. The molecule has 0 aliphatic rings. The van der Waals surface area contributed by atoms with Gasteiger partial charge in [0.25, 0.3) is 11.7 Å². The van der Waals surface area contributed by atoms with Crippen molar-refractivity contribution < 1.29 is 22.0 Å². The summed E-state index contributed by atoms with van der Waals surface area (Å²) in [5.74, 6) is -2.94. The van der Waals surface area contributed by atoms with Gasteiger partial charge in [-0.05, 0) is 42.0 Å². The van der Waals surface area contributed by atoms with Crippen LogP contribution in [0, 0.1) is 0 Å². The molecule has 2 aromatic carbocycles. The van der Waals surface area contributed by atoms with E-state index in [0.717, 1.165) is 6.26 Å². The number of benzene rings is 2. The molecule has 0 radical (unpaired) electrons. The van der Waals surface area contributed by atoms with Gasteiger partial charge in [0.15, 0.2) is 9.84 Å². The van der Waals surface area contributed by atoms with E-state index in [1.54, 1.807) is 24.3 Å². The van der Waals surface area contributed by atoms with Crippen LogP contribution in [-0.4, -0.2) is 26.3 Å². The fourth-order valence-corrected chi connectivity index (χ4v) is 3.27. The summed E-state index contributed by atoms with van der Waals surface area (Å²) in [7, 11) is -3.13. The zero-order valence-electron chi connectivity index (χ0n) is 12.7. The van der Waals surface area contributed by atoms with Crippen LogP contribution in [0.15, 0.2) is 53.4 Å². The lowest BCUT2D eigenvalue weighted by Crippen LogP contribution is -2.12. The standard InChI is InChI=1S/C16H15F2NO3S2/c1-24(21,22)10-11-2-4-12(5-3-11)15(20)19-13-6-8-14(9-7-13)23-16(17)18/h2-9,16H,10H2,1H3,(H,19,20). The summed E-state index contributed by atoms with van der Waals surface area (Å²) in [5, 5.41) is 2.65. The van der Waals surface area contributed by atoms with Crippen LogP contribution in [0.5, 0.6) is 0 Å². The van der Waals surface area contributed by atoms with Crippen LogP contribution < -0.4 is 5.32 Å². The normalized spacial score (nSPS) is 11.5. The minimum Gasteiger partial charge on any atom is -0.322 e. The minimum atomic E-state index is -3.13. The molecule has 24 heavy (non-hydrogen) atoms. The van der Waals surface area contributed by atoms with Gasteiger partial charge in [0.1, 0.15) is 0 Å². The molecule has 0 fully saturated rings. The molecule has 8 heteroatoms. The van der Waals surface area contributed by atoms with Gasteiger partial charge in [-0.1, -0.05) is 23.9 Å². The summed E-state index contributed by atoms with van der Waals surface area (Å²) in [4.78, 5) is 12.5. The SMILES string of the molecule is CS(=O)(=O)Cc1ccc(C(=O)Nc2ccc(SC(F)F)cc2)cc1. The highest BCUT2D eigenvalue weighted by molar-refractivity contribution is 7.99. The number of carbonyl (C=O) groups is 1. The predicted molar refractivity (Wildman–Crippen MR) is 91.2 cm³/mol. The van der Waals surface area contributed by atoms with E-state index in [1.165, 1.54) is 24.3 Å². The van der Waals surface area contributed by atoms with E-state index >= 15 is 0 Å². The van der Waals surface area contributed by atoms with Crippen LogP contribution in [0.1, 0.15) is 15.9 Å². The lowest BCUT2D eigenvalue weighted by Gasteiger charge is -2.07. The Morgan fingerprint density at radius 3 is 2.17 bits per heavy atom. The molecule has 0 aliphatic carbocycles. The number of hydrogen-bond acceptors (Lipinski definition) is 4. The van der Waals surface area contributed by atoms with E-state index in [9.17, 15) is 22.0 Å². The van der Waals surface area contributed by atoms with E-state index in [-0.39, 0.29) is 11.7 Å². The maximum absolute atomic E-state index is 12.2. The van der Waals surface area contributed by atoms with Gasteiger partial charge >= 0.3 is 0 Å². The summed E-state index contributed by atoms with van der Waals surface area (Å²) in [6, 6.07) is 12.3. The van der Waals surface area contributed by atoms with Gasteiger partial charge < -0.3 is 5.32 Å². The van der Waals surface area contributed by atoms with E-state index in [2.05, 4.69) is 5.32 Å². The van der Waals surface area contributed by atoms with Crippen LogP contribution in [-0.2, 0) is 15.6 Å². The molecular formula is C16H15F2NO3S2. The van der Waals surface area contributed by atoms with Crippen molar-refractivity contribution in [2.75, 3.05) is 11.6 Å². The lowest BCUT2D eigenvalue weighted by molar-refractivity contribution is 0.102. The molecule has 2 aromatic rings. The van der Waals surface area contributed by atoms with E-state index in [4.69, 9.17) is 0 Å². The van der Waals surface area contributed by atoms with Crippen LogP contribution in [0.4, 0.5) is 14.5 Å². The summed E-state index contributed by atoms with van der Waals surface area (Å²) < 4.78 is 46.9. The Hall–Kier alpha value is -1.93. The smallest absolute Gasteiger partial charge is 0.288 e. The van der Waals surface area contributed by atoms with Crippen molar-refractivity contribution >= 4 is 33.2 Å². The number of nitrogens with one attached hydrogen (secondary N) is 1. The molecule has 0 atom stereocenters. The number of halogens is 2. The van der Waals surface area contributed by atoms with Gasteiger partial charge in [-0.15, -0.1) is 0 Å². The van der Waals surface area contributed by atoms with Crippen LogP contribution in [0.25, 0.3) is 0 Å². The number of anilines is 1. The minimum absolute atomic E-state index is 0.0852. The van der Waals surface area contributed by atoms with Crippen molar-refractivity contribution in [2.45, 2.75) is 16.4 Å². The number of carbonyl (C=O) groups excluding carboxylic acids is 1. The van der Waals surface area contributed by atoms with Crippen molar-refractivity contribution in [1.29, 1.82) is 0 Å². The summed E-state index contributed by atoms with van der Waals surface area (Å²) in [6.07, 6.45) is 1.14. The molecule has 0 heterocycles. The molecule has 0 aromatic heterocycles. The van der Waals surface area contributed by atoms with E-state index in [1.807, 2.05) is 0 Å². The topological polar surface area (TPSA) is 63.2 Å². The third-order valence-electron chi connectivity index (χ3n) is 2.98. The number of rotatable bonds is 6. The highest BCUT2D eigenvalue weighted by Gasteiger charge is 2.09. The van der Waals surface area contributed by atoms with Gasteiger partial charge in [-0.2, -0.15) is 8.78 Å². The van der Waals surface area contributed by atoms with Crippen LogP contribution in [0.2, 0.25) is 0 Å². The van der Waals surface area contributed by atoms with Gasteiger partial charge in [0.2, 0.25) is 0 Å². The largest absolute Gasteiger partial charge is 0.322 e. The molecule has 0 saturated carbocycles. The average Bonchev–Trinajstić information content (AvgIpc) is 2.48. The van der Waals surface area contributed by atoms with Crippen molar-refractivity contribution in [3.8, 4) is 0 Å². The fourth-order valence-electron chi connectivity index (χ4n) is 1.98. The summed E-state index contributed by atoms with van der Waals surface area (Å²) in [5.41, 5.74) is 1.46. The highest BCUT2D eigenvalue weighted by atomic mass is 32.2. The molecule has 1 amide bonds. The first-order valence-corrected chi connectivity index (χ1v) is 9.80. The number of sulfone groups is 1. The number of amides is 1. The van der Waals surface area contributed by atoms with E-state index < -0.39 is 15.6 Å². The molecule has 128 valence electrons. The molecule has 0 spiro atoms. The quantitative estimate of drug-likeness (QED) is 0.785. The van der Waals surface area contributed by atoms with Gasteiger partial charge in [-0.3, -0.25) is 4.79 Å². The maximum Gasteiger partial charge on any atom is 0.288 e. The van der Waals surface area contributed by atoms with Gasteiger partial charge in [0.05, 0.1) is 5.75 Å². The van der Waals surface area contributed by atoms with E-state index in [0.29, 0.717) is 33.5 Å². The van der Waals surface area contributed by atoms with Crippen molar-refractivity contribution in [3.05, 3.63) is 59.7 Å². The first kappa shape index (κ1) is 18.4. The zero-order chi connectivity index (χ0) is 17.7. The Kier molecular flexibility index (Phi) is 5.95. The lowest BCUT2D eigenvalue weighted by atomic mass is 10.1. The van der Waals surface area contributed by atoms with Gasteiger partial charge in [-0.25, -0.2) is 8.42 Å². The number of hydrogen-bond donors (Lipinski definition) is 1. The molecule has 0 saturated heterocycles. The molecule has 2 rings (SSSR count). The third kappa shape index (κ3) is 5.93. The number of thioether (sulfide) groups is 1. The Morgan fingerprint density at radius 1 is 1.08 bits per heavy atom. The number of alkyl halides is 2. The van der Waals surface area contributed by atoms with Crippen LogP contribution >= 0.6 is 11.8 Å². The Balaban J connectivity index is 2.01. The second-order valence-electron chi connectivity index (χ2n) is 5.12. The van der Waals surface area contributed by atoms with Crippen molar-refractivity contribution in [1.82, 2.24) is 0 Å². The van der Waals surface area contributed by atoms with Crippen molar-refractivity contribution in [3.63, 3.8) is 0 Å². The monoisotopic (exact) mass is 371 g/mol. The maximum atomic E-state index is 12.2. The Labute approximate surface area is 143 Å². The van der Waals surface area contributed by atoms with Crippen molar-refractivity contribution in [2.24, 2.45) is 0 Å². The molecular weight excluding hydrogens is 356 g/mol. The molecule has 0 aliphatic heterocycles.